The number of hydrogen-bond acceptors (Lipinski definition) is 3. The summed E-state index contributed by atoms with van der Waals surface area (Å²) in [6, 6.07) is 11.3. The molecule has 1 heterocycles. The molecular formula is C16H19N3O. The van der Waals surface area contributed by atoms with Crippen molar-refractivity contribution in [1.29, 1.82) is 0 Å². The van der Waals surface area contributed by atoms with E-state index in [2.05, 4.69) is 15.6 Å². The molecule has 0 aliphatic heterocycles. The molecule has 4 nitrogen and oxygen atoms in total. The number of pyridine rings is 1. The van der Waals surface area contributed by atoms with Crippen molar-refractivity contribution in [2.24, 2.45) is 0 Å². The number of hydrogen-bond donors (Lipinski definition) is 2. The molecule has 0 atom stereocenters. The predicted molar refractivity (Wildman–Crippen MR) is 82.3 cm³/mol. The molecule has 1 aromatic heterocycles. The summed E-state index contributed by atoms with van der Waals surface area (Å²) >= 11 is 0. The lowest BCUT2D eigenvalue weighted by atomic mass is 10.2. The Morgan fingerprint density at radius 1 is 1.20 bits per heavy atom. The smallest absolute Gasteiger partial charge is 0.255 e. The molecule has 1 aromatic carbocycles. The highest BCUT2D eigenvalue weighted by Crippen LogP contribution is 2.14. The quantitative estimate of drug-likeness (QED) is 0.894. The van der Waals surface area contributed by atoms with Crippen LogP contribution in [-0.4, -0.2) is 17.4 Å². The van der Waals surface area contributed by atoms with E-state index in [1.807, 2.05) is 45.0 Å². The van der Waals surface area contributed by atoms with Crippen LogP contribution in [0.2, 0.25) is 0 Å². The van der Waals surface area contributed by atoms with Gasteiger partial charge in [-0.1, -0.05) is 12.1 Å². The fraction of sp³-hybridized carbons (Fsp3) is 0.250. The van der Waals surface area contributed by atoms with Crippen LogP contribution in [0.15, 0.2) is 36.4 Å². The Labute approximate surface area is 119 Å². The average Bonchev–Trinajstić information content (AvgIpc) is 2.38. The Balaban J connectivity index is 2.20. The monoisotopic (exact) mass is 269 g/mol. The maximum Gasteiger partial charge on any atom is 0.255 e. The second-order valence-corrected chi connectivity index (χ2v) is 4.74. The molecule has 2 N–H and O–H groups in total. The summed E-state index contributed by atoms with van der Waals surface area (Å²) in [5.41, 5.74) is 3.34. The lowest BCUT2D eigenvalue weighted by Crippen LogP contribution is -2.13. The molecular weight excluding hydrogens is 250 g/mol. The Bertz CT molecular complexity index is 623. The zero-order valence-electron chi connectivity index (χ0n) is 12.0. The van der Waals surface area contributed by atoms with E-state index in [-0.39, 0.29) is 5.91 Å². The number of nitrogens with zero attached hydrogens (tertiary/aromatic N) is 1. The van der Waals surface area contributed by atoms with Gasteiger partial charge in [0.15, 0.2) is 0 Å². The summed E-state index contributed by atoms with van der Waals surface area (Å²) in [6.45, 7) is 6.64. The molecule has 0 unspecified atom stereocenters. The minimum Gasteiger partial charge on any atom is -0.370 e. The van der Waals surface area contributed by atoms with Gasteiger partial charge in [-0.05, 0) is 50.6 Å². The number of rotatable bonds is 4. The van der Waals surface area contributed by atoms with E-state index in [9.17, 15) is 4.79 Å². The van der Waals surface area contributed by atoms with Crippen LogP contribution in [-0.2, 0) is 0 Å². The van der Waals surface area contributed by atoms with E-state index in [4.69, 9.17) is 0 Å². The van der Waals surface area contributed by atoms with Gasteiger partial charge in [0.05, 0.1) is 0 Å². The summed E-state index contributed by atoms with van der Waals surface area (Å²) in [5, 5.41) is 6.03. The first-order chi connectivity index (χ1) is 9.58. The second kappa shape index (κ2) is 6.19. The van der Waals surface area contributed by atoms with Gasteiger partial charge in [-0.15, -0.1) is 0 Å². The summed E-state index contributed by atoms with van der Waals surface area (Å²) in [6.07, 6.45) is 0. The van der Waals surface area contributed by atoms with E-state index >= 15 is 0 Å². The Morgan fingerprint density at radius 2 is 2.00 bits per heavy atom. The number of carbonyl (C=O) groups excluding carboxylic acids is 1. The summed E-state index contributed by atoms with van der Waals surface area (Å²) in [4.78, 5) is 16.6. The molecule has 0 saturated heterocycles. The van der Waals surface area contributed by atoms with E-state index in [0.717, 1.165) is 29.3 Å². The SMILES string of the molecule is CCNc1cc(C(=O)Nc2cccc(C)c2)cc(C)n1. The maximum atomic E-state index is 12.3. The molecule has 0 radical (unpaired) electrons. The third-order valence-electron chi connectivity index (χ3n) is 2.85. The van der Waals surface area contributed by atoms with E-state index in [1.54, 1.807) is 12.1 Å². The van der Waals surface area contributed by atoms with Crippen molar-refractivity contribution in [3.8, 4) is 0 Å². The van der Waals surface area contributed by atoms with Gasteiger partial charge in [0.2, 0.25) is 0 Å². The summed E-state index contributed by atoms with van der Waals surface area (Å²) in [7, 11) is 0. The van der Waals surface area contributed by atoms with Gasteiger partial charge in [0.25, 0.3) is 5.91 Å². The van der Waals surface area contributed by atoms with Crippen LogP contribution in [0.25, 0.3) is 0 Å². The number of nitrogens with one attached hydrogen (secondary N) is 2. The van der Waals surface area contributed by atoms with Crippen LogP contribution in [0.4, 0.5) is 11.5 Å². The topological polar surface area (TPSA) is 54.0 Å². The highest BCUT2D eigenvalue weighted by molar-refractivity contribution is 6.04. The van der Waals surface area contributed by atoms with Gasteiger partial charge < -0.3 is 10.6 Å². The van der Waals surface area contributed by atoms with Crippen LogP contribution in [0.3, 0.4) is 0 Å². The van der Waals surface area contributed by atoms with Crippen LogP contribution in [0.5, 0.6) is 0 Å². The molecule has 0 spiro atoms. The zero-order chi connectivity index (χ0) is 14.5. The van der Waals surface area contributed by atoms with Crippen LogP contribution in [0.1, 0.15) is 28.5 Å². The van der Waals surface area contributed by atoms with Crippen molar-refractivity contribution >= 4 is 17.4 Å². The molecule has 0 bridgehead atoms. The third-order valence-corrected chi connectivity index (χ3v) is 2.85. The van der Waals surface area contributed by atoms with Crippen molar-refractivity contribution in [2.75, 3.05) is 17.2 Å². The number of aryl methyl sites for hydroxylation is 2. The number of benzene rings is 1. The van der Waals surface area contributed by atoms with E-state index < -0.39 is 0 Å². The van der Waals surface area contributed by atoms with Crippen LogP contribution in [0, 0.1) is 13.8 Å². The normalized spacial score (nSPS) is 10.2. The van der Waals surface area contributed by atoms with Gasteiger partial charge >= 0.3 is 0 Å². The minimum absolute atomic E-state index is 0.125. The fourth-order valence-electron chi connectivity index (χ4n) is 2.00. The minimum atomic E-state index is -0.125. The van der Waals surface area contributed by atoms with Crippen molar-refractivity contribution < 1.29 is 4.79 Å². The average molecular weight is 269 g/mol. The highest BCUT2D eigenvalue weighted by atomic mass is 16.1. The lowest BCUT2D eigenvalue weighted by Gasteiger charge is -2.09. The predicted octanol–water partition coefficient (Wildman–Crippen LogP) is 3.38. The molecule has 20 heavy (non-hydrogen) atoms. The molecule has 2 rings (SSSR count). The van der Waals surface area contributed by atoms with E-state index in [0.29, 0.717) is 5.56 Å². The third kappa shape index (κ3) is 3.57. The molecule has 4 heteroatoms. The first kappa shape index (κ1) is 14.1. The van der Waals surface area contributed by atoms with Crippen LogP contribution >= 0.6 is 0 Å². The number of anilines is 2. The Hall–Kier alpha value is -2.36. The molecule has 0 saturated carbocycles. The molecule has 0 aliphatic rings. The molecule has 0 aliphatic carbocycles. The fourth-order valence-corrected chi connectivity index (χ4v) is 2.00. The van der Waals surface area contributed by atoms with E-state index in [1.165, 1.54) is 0 Å². The van der Waals surface area contributed by atoms with Crippen molar-refractivity contribution in [3.05, 3.63) is 53.2 Å². The van der Waals surface area contributed by atoms with Gasteiger partial charge in [-0.2, -0.15) is 0 Å². The molecule has 104 valence electrons. The number of carbonyl (C=O) groups is 1. The summed E-state index contributed by atoms with van der Waals surface area (Å²) < 4.78 is 0. The van der Waals surface area contributed by atoms with Crippen molar-refractivity contribution in [2.45, 2.75) is 20.8 Å². The lowest BCUT2D eigenvalue weighted by molar-refractivity contribution is 0.102. The first-order valence-electron chi connectivity index (χ1n) is 6.69. The molecule has 0 fully saturated rings. The molecule has 2 aromatic rings. The Kier molecular flexibility index (Phi) is 4.35. The molecule has 1 amide bonds. The Morgan fingerprint density at radius 3 is 2.70 bits per heavy atom. The largest absolute Gasteiger partial charge is 0.370 e. The van der Waals surface area contributed by atoms with Gasteiger partial charge in [0.1, 0.15) is 5.82 Å². The number of aromatic nitrogens is 1. The van der Waals surface area contributed by atoms with Crippen molar-refractivity contribution in [1.82, 2.24) is 4.98 Å². The van der Waals surface area contributed by atoms with Crippen LogP contribution < -0.4 is 10.6 Å². The first-order valence-corrected chi connectivity index (χ1v) is 6.69. The standard InChI is InChI=1S/C16H19N3O/c1-4-17-15-10-13(9-12(3)18-15)16(20)19-14-7-5-6-11(2)8-14/h5-10H,4H2,1-3H3,(H,17,18)(H,19,20). The van der Waals surface area contributed by atoms with Gasteiger partial charge in [-0.3, -0.25) is 4.79 Å². The number of amides is 1. The highest BCUT2D eigenvalue weighted by Gasteiger charge is 2.09. The summed E-state index contributed by atoms with van der Waals surface area (Å²) in [5.74, 6) is 0.599. The van der Waals surface area contributed by atoms with Crippen molar-refractivity contribution in [3.63, 3.8) is 0 Å². The van der Waals surface area contributed by atoms with Gasteiger partial charge in [0, 0.05) is 23.5 Å². The van der Waals surface area contributed by atoms with Gasteiger partial charge in [-0.25, -0.2) is 4.98 Å². The second-order valence-electron chi connectivity index (χ2n) is 4.74. The maximum absolute atomic E-state index is 12.3. The zero-order valence-corrected chi connectivity index (χ0v) is 12.0.